The second kappa shape index (κ2) is 5.08. The smallest absolute Gasteiger partial charge is 0.294 e. The van der Waals surface area contributed by atoms with Crippen molar-refractivity contribution < 1.29 is 18.0 Å². The van der Waals surface area contributed by atoms with E-state index >= 15 is 0 Å². The van der Waals surface area contributed by atoms with Crippen LogP contribution in [-0.4, -0.2) is 5.78 Å². The molecular weight excluding hydrogens is 253 g/mol. The maximum atomic E-state index is 12.6. The minimum Gasteiger partial charge on any atom is -0.294 e. The van der Waals surface area contributed by atoms with Gasteiger partial charge in [-0.05, 0) is 24.1 Å². The number of Topliss-reactive ketones (excluding diaryl/α,β-unsaturated/α-hetero) is 1. The molecule has 0 unspecified atom stereocenters. The summed E-state index contributed by atoms with van der Waals surface area (Å²) in [6.45, 7) is 3.66. The van der Waals surface area contributed by atoms with E-state index in [0.29, 0.717) is 0 Å². The van der Waals surface area contributed by atoms with E-state index in [1.54, 1.807) is 0 Å². The lowest BCUT2D eigenvalue weighted by atomic mass is 9.99. The lowest BCUT2D eigenvalue weighted by molar-refractivity contribution is -0.137. The fraction of sp³-hybridized carbons (Fsp3) is 0.417. The van der Waals surface area contributed by atoms with Gasteiger partial charge in [0.25, 0.3) is 0 Å². The average molecular weight is 265 g/mol. The molecule has 0 bridgehead atoms. The number of carbonyl (C=O) groups is 1. The molecule has 0 N–H and O–H groups in total. The summed E-state index contributed by atoms with van der Waals surface area (Å²) in [4.78, 5) is 11.6. The third-order valence-corrected chi connectivity index (χ3v) is 2.52. The van der Waals surface area contributed by atoms with Crippen LogP contribution in [-0.2, 0) is 6.18 Å². The highest BCUT2D eigenvalue weighted by atomic mass is 35.5. The van der Waals surface area contributed by atoms with Gasteiger partial charge < -0.3 is 0 Å². The van der Waals surface area contributed by atoms with Crippen molar-refractivity contribution in [2.24, 2.45) is 5.92 Å². The quantitative estimate of drug-likeness (QED) is 0.730. The molecule has 94 valence electrons. The number of hydrogen-bond acceptors (Lipinski definition) is 1. The summed E-state index contributed by atoms with van der Waals surface area (Å²) in [5, 5.41) is -0.390. The zero-order chi connectivity index (χ0) is 13.2. The van der Waals surface area contributed by atoms with Crippen molar-refractivity contribution in [3.05, 3.63) is 34.3 Å². The Kier molecular flexibility index (Phi) is 4.20. The molecule has 0 saturated heterocycles. The lowest BCUT2D eigenvalue weighted by Gasteiger charge is -2.11. The van der Waals surface area contributed by atoms with Crippen LogP contribution < -0.4 is 0 Å². The van der Waals surface area contributed by atoms with Gasteiger partial charge in [-0.2, -0.15) is 13.2 Å². The Labute approximate surface area is 103 Å². The Morgan fingerprint density at radius 1 is 1.35 bits per heavy atom. The van der Waals surface area contributed by atoms with Crippen molar-refractivity contribution >= 4 is 17.4 Å². The van der Waals surface area contributed by atoms with E-state index in [1.165, 1.54) is 6.07 Å². The minimum absolute atomic E-state index is 0.0513. The summed E-state index contributed by atoms with van der Waals surface area (Å²) in [6, 6.07) is 3.24. The van der Waals surface area contributed by atoms with Crippen LogP contribution in [0.5, 0.6) is 0 Å². The van der Waals surface area contributed by atoms with Gasteiger partial charge in [0, 0.05) is 12.0 Å². The molecular formula is C12H12ClF3O. The lowest BCUT2D eigenvalue weighted by Crippen LogP contribution is -2.09. The molecule has 0 fully saturated rings. The molecule has 0 amide bonds. The molecule has 5 heteroatoms. The molecule has 0 aliphatic carbocycles. The number of rotatable bonds is 3. The molecule has 17 heavy (non-hydrogen) atoms. The van der Waals surface area contributed by atoms with Crippen LogP contribution in [0.3, 0.4) is 0 Å². The molecule has 1 rings (SSSR count). The molecule has 1 aromatic rings. The molecule has 0 atom stereocenters. The molecule has 0 aromatic heterocycles. The number of benzene rings is 1. The van der Waals surface area contributed by atoms with Crippen molar-refractivity contribution in [2.75, 3.05) is 0 Å². The normalized spacial score (nSPS) is 11.9. The molecule has 0 saturated carbocycles. The van der Waals surface area contributed by atoms with Crippen LogP contribution in [0.15, 0.2) is 18.2 Å². The fourth-order valence-corrected chi connectivity index (χ4v) is 1.63. The predicted molar refractivity (Wildman–Crippen MR) is 60.2 cm³/mol. The van der Waals surface area contributed by atoms with Gasteiger partial charge in [-0.15, -0.1) is 0 Å². The first kappa shape index (κ1) is 14.0. The van der Waals surface area contributed by atoms with Crippen LogP contribution in [0.1, 0.15) is 36.2 Å². The van der Waals surface area contributed by atoms with E-state index < -0.39 is 16.8 Å². The summed E-state index contributed by atoms with van der Waals surface area (Å²) in [5.74, 6) is -0.199. The Balaban J connectivity index is 3.09. The highest BCUT2D eigenvalue weighted by Gasteiger charge is 2.33. The first-order chi connectivity index (χ1) is 7.71. The van der Waals surface area contributed by atoms with Crippen molar-refractivity contribution in [1.29, 1.82) is 0 Å². The maximum absolute atomic E-state index is 12.6. The maximum Gasteiger partial charge on any atom is 0.417 e. The van der Waals surface area contributed by atoms with Crippen molar-refractivity contribution in [2.45, 2.75) is 26.4 Å². The van der Waals surface area contributed by atoms with Gasteiger partial charge in [0.2, 0.25) is 0 Å². The van der Waals surface area contributed by atoms with Gasteiger partial charge in [0.1, 0.15) is 0 Å². The van der Waals surface area contributed by atoms with Gasteiger partial charge in [-0.25, -0.2) is 0 Å². The molecule has 0 spiro atoms. The van der Waals surface area contributed by atoms with Crippen molar-refractivity contribution in [1.82, 2.24) is 0 Å². The number of hydrogen-bond donors (Lipinski definition) is 0. The predicted octanol–water partition coefficient (Wildman–Crippen LogP) is 4.59. The third kappa shape index (κ3) is 3.73. The number of halogens is 4. The second-order valence-electron chi connectivity index (χ2n) is 4.21. The molecule has 0 heterocycles. The monoisotopic (exact) mass is 264 g/mol. The summed E-state index contributed by atoms with van der Waals surface area (Å²) < 4.78 is 37.7. The molecule has 1 nitrogen and oxygen atoms in total. The van der Waals surface area contributed by atoms with E-state index in [9.17, 15) is 18.0 Å². The van der Waals surface area contributed by atoms with Crippen LogP contribution in [0.25, 0.3) is 0 Å². The molecule has 0 aliphatic rings. The minimum atomic E-state index is -4.54. The third-order valence-electron chi connectivity index (χ3n) is 2.19. The summed E-state index contributed by atoms with van der Waals surface area (Å²) in [5.41, 5.74) is -0.913. The van der Waals surface area contributed by atoms with Gasteiger partial charge in [0.15, 0.2) is 5.78 Å². The van der Waals surface area contributed by atoms with Crippen LogP contribution in [0.2, 0.25) is 5.02 Å². The summed E-state index contributed by atoms with van der Waals surface area (Å²) >= 11 is 5.46. The Morgan fingerprint density at radius 3 is 2.41 bits per heavy atom. The first-order valence-electron chi connectivity index (χ1n) is 5.11. The zero-order valence-electron chi connectivity index (χ0n) is 9.44. The van der Waals surface area contributed by atoms with E-state index in [4.69, 9.17) is 11.6 Å². The highest BCUT2D eigenvalue weighted by Crippen LogP contribution is 2.35. The Morgan fingerprint density at radius 2 is 1.94 bits per heavy atom. The number of carbonyl (C=O) groups excluding carboxylic acids is 1. The van der Waals surface area contributed by atoms with Crippen LogP contribution in [0, 0.1) is 5.92 Å². The van der Waals surface area contributed by atoms with E-state index in [1.807, 2.05) is 13.8 Å². The first-order valence-corrected chi connectivity index (χ1v) is 5.49. The van der Waals surface area contributed by atoms with E-state index in [2.05, 4.69) is 0 Å². The van der Waals surface area contributed by atoms with Gasteiger partial charge in [-0.3, -0.25) is 4.79 Å². The average Bonchev–Trinajstić information content (AvgIpc) is 2.15. The Hall–Kier alpha value is -1.03. The van der Waals surface area contributed by atoms with Gasteiger partial charge in [-0.1, -0.05) is 25.4 Å². The van der Waals surface area contributed by atoms with Gasteiger partial charge in [0.05, 0.1) is 10.6 Å². The second-order valence-corrected chi connectivity index (χ2v) is 4.62. The largest absolute Gasteiger partial charge is 0.417 e. The highest BCUT2D eigenvalue weighted by molar-refractivity contribution is 6.31. The van der Waals surface area contributed by atoms with Crippen molar-refractivity contribution in [3.8, 4) is 0 Å². The van der Waals surface area contributed by atoms with Crippen molar-refractivity contribution in [3.63, 3.8) is 0 Å². The number of ketones is 1. The fourth-order valence-electron chi connectivity index (χ4n) is 1.40. The topological polar surface area (TPSA) is 17.1 Å². The van der Waals surface area contributed by atoms with Gasteiger partial charge >= 0.3 is 6.18 Å². The van der Waals surface area contributed by atoms with E-state index in [0.717, 1.165) is 12.1 Å². The molecule has 0 radical (unpaired) electrons. The Bertz CT molecular complexity index is 424. The summed E-state index contributed by atoms with van der Waals surface area (Å²) in [6.07, 6.45) is -4.32. The SMILES string of the molecule is CC(C)CC(=O)c1ccc(Cl)c(C(F)(F)F)c1. The zero-order valence-corrected chi connectivity index (χ0v) is 10.2. The molecule has 1 aromatic carbocycles. The molecule has 0 aliphatic heterocycles. The van der Waals surface area contributed by atoms with Crippen LogP contribution in [0.4, 0.5) is 13.2 Å². The van der Waals surface area contributed by atoms with E-state index in [-0.39, 0.29) is 23.7 Å². The standard InChI is InChI=1S/C12H12ClF3O/c1-7(2)5-11(17)8-3-4-10(13)9(6-8)12(14,15)16/h3-4,6-7H,5H2,1-2H3. The number of alkyl halides is 3. The van der Waals surface area contributed by atoms with Crippen LogP contribution >= 0.6 is 11.6 Å². The summed E-state index contributed by atoms with van der Waals surface area (Å²) in [7, 11) is 0.